The minimum atomic E-state index is -1.76. The van der Waals surface area contributed by atoms with Crippen molar-refractivity contribution in [2.24, 2.45) is 5.92 Å². The molecule has 2 fully saturated rings. The Hall–Kier alpha value is -3.66. The number of carbonyl (C=O) groups is 6. The average Bonchev–Trinajstić information content (AvgIpc) is 2.79. The molecule has 0 bridgehead atoms. The molecule has 1 heterocycles. The zero-order valence-corrected chi connectivity index (χ0v) is 21.3. The van der Waals surface area contributed by atoms with E-state index >= 15 is 0 Å². The Labute approximate surface area is 216 Å². The van der Waals surface area contributed by atoms with Crippen molar-refractivity contribution in [3.63, 3.8) is 0 Å². The molecule has 1 aliphatic heterocycles. The van der Waals surface area contributed by atoms with Crippen LogP contribution in [0.15, 0.2) is 0 Å². The molecule has 0 aromatic heterocycles. The van der Waals surface area contributed by atoms with E-state index in [-0.39, 0.29) is 0 Å². The maximum Gasteiger partial charge on any atom is 0.316 e. The predicted molar refractivity (Wildman–Crippen MR) is 117 cm³/mol. The van der Waals surface area contributed by atoms with Crippen LogP contribution in [0.2, 0.25) is 0 Å². The molecule has 2 aliphatic rings. The Morgan fingerprint density at radius 1 is 0.895 bits per heavy atom. The Kier molecular flexibility index (Phi) is 10.6. The largest absolute Gasteiger partial charge is 0.469 e. The van der Waals surface area contributed by atoms with E-state index in [0.29, 0.717) is 0 Å². The first-order chi connectivity index (χ1) is 17.7. The second-order valence-electron chi connectivity index (χ2n) is 8.59. The van der Waals surface area contributed by atoms with Crippen molar-refractivity contribution in [3.05, 3.63) is 10.1 Å². The summed E-state index contributed by atoms with van der Waals surface area (Å²) in [5.74, 6) is -6.43. The van der Waals surface area contributed by atoms with Gasteiger partial charge in [0.2, 0.25) is 0 Å². The van der Waals surface area contributed by atoms with Gasteiger partial charge in [-0.1, -0.05) is 0 Å². The van der Waals surface area contributed by atoms with Crippen molar-refractivity contribution in [1.29, 1.82) is 0 Å². The number of carbonyl (C=O) groups excluding carboxylic acids is 6. The second-order valence-corrected chi connectivity index (χ2v) is 8.59. The van der Waals surface area contributed by atoms with Gasteiger partial charge < -0.3 is 33.2 Å². The molecule has 16 heteroatoms. The van der Waals surface area contributed by atoms with Gasteiger partial charge in [0, 0.05) is 45.5 Å². The summed E-state index contributed by atoms with van der Waals surface area (Å²) < 4.78 is 36.9. The third kappa shape index (κ3) is 7.92. The van der Waals surface area contributed by atoms with Crippen LogP contribution in [0, 0.1) is 16.0 Å². The predicted octanol–water partition coefficient (Wildman–Crippen LogP) is -0.748. The number of ether oxygens (including phenoxy) is 7. The van der Waals surface area contributed by atoms with E-state index in [1.54, 1.807) is 0 Å². The fraction of sp³-hybridized carbons (Fsp3) is 0.727. The highest BCUT2D eigenvalue weighted by Gasteiger charge is 2.56. The highest BCUT2D eigenvalue weighted by Crippen LogP contribution is 2.34. The molecule has 0 aromatic carbocycles. The van der Waals surface area contributed by atoms with Crippen LogP contribution in [-0.4, -0.2) is 97.1 Å². The SMILES string of the molecule is COC(=O)[C@@H]1CC(=O)C[C@@H](O[C@@H]2O[C@H](COC(C)=O)[C@@H](OC(C)=O)[C@H](OC(C)=O)[C@H]2OC(C)=O)[C@H]1[N+](=O)[O-]. The Morgan fingerprint density at radius 2 is 1.45 bits per heavy atom. The van der Waals surface area contributed by atoms with Gasteiger partial charge in [-0.3, -0.25) is 38.9 Å². The summed E-state index contributed by atoms with van der Waals surface area (Å²) >= 11 is 0. The number of nitro groups is 1. The summed E-state index contributed by atoms with van der Waals surface area (Å²) in [6, 6.07) is -1.76. The highest BCUT2D eigenvalue weighted by atomic mass is 16.7. The summed E-state index contributed by atoms with van der Waals surface area (Å²) in [6.45, 7) is 3.60. The zero-order chi connectivity index (χ0) is 28.7. The number of hydrogen-bond donors (Lipinski definition) is 0. The molecule has 0 radical (unpaired) electrons. The van der Waals surface area contributed by atoms with Crippen molar-refractivity contribution in [2.45, 2.75) is 83.4 Å². The van der Waals surface area contributed by atoms with Gasteiger partial charge in [0.25, 0.3) is 6.04 Å². The number of rotatable bonds is 9. The molecule has 38 heavy (non-hydrogen) atoms. The minimum absolute atomic E-state index is 0.462. The van der Waals surface area contributed by atoms with E-state index in [0.717, 1.165) is 34.8 Å². The number of methoxy groups -OCH3 is 1. The lowest BCUT2D eigenvalue weighted by molar-refractivity contribution is -0.547. The molecule has 1 saturated carbocycles. The van der Waals surface area contributed by atoms with E-state index in [2.05, 4.69) is 4.74 Å². The highest BCUT2D eigenvalue weighted by molar-refractivity contribution is 5.86. The van der Waals surface area contributed by atoms with Gasteiger partial charge in [0.1, 0.15) is 30.5 Å². The van der Waals surface area contributed by atoms with Gasteiger partial charge in [-0.15, -0.1) is 0 Å². The quantitative estimate of drug-likeness (QED) is 0.150. The van der Waals surface area contributed by atoms with Gasteiger partial charge in [-0.2, -0.15) is 0 Å². The summed E-state index contributed by atoms with van der Waals surface area (Å²) in [7, 11) is 1.01. The number of hydrogen-bond acceptors (Lipinski definition) is 15. The zero-order valence-electron chi connectivity index (χ0n) is 21.3. The molecule has 16 nitrogen and oxygen atoms in total. The van der Waals surface area contributed by atoms with Crippen molar-refractivity contribution in [3.8, 4) is 0 Å². The van der Waals surface area contributed by atoms with Gasteiger partial charge in [-0.05, 0) is 0 Å². The first kappa shape index (κ1) is 30.6. The lowest BCUT2D eigenvalue weighted by Gasteiger charge is -2.45. The van der Waals surface area contributed by atoms with E-state index in [9.17, 15) is 38.9 Å². The van der Waals surface area contributed by atoms with Crippen molar-refractivity contribution in [1.82, 2.24) is 0 Å². The van der Waals surface area contributed by atoms with E-state index in [1.807, 2.05) is 0 Å². The Morgan fingerprint density at radius 3 is 1.95 bits per heavy atom. The van der Waals surface area contributed by atoms with Crippen LogP contribution in [-0.2, 0) is 61.9 Å². The molecule has 1 saturated heterocycles. The van der Waals surface area contributed by atoms with Crippen LogP contribution >= 0.6 is 0 Å². The molecule has 2 rings (SSSR count). The average molecular weight is 547 g/mol. The van der Waals surface area contributed by atoms with Crippen LogP contribution in [0.1, 0.15) is 40.5 Å². The Bertz CT molecular complexity index is 964. The third-order valence-corrected chi connectivity index (χ3v) is 5.67. The molecule has 8 atom stereocenters. The van der Waals surface area contributed by atoms with E-state index in [1.165, 1.54) is 0 Å². The van der Waals surface area contributed by atoms with E-state index < -0.39 is 109 Å². The van der Waals surface area contributed by atoms with Gasteiger partial charge in [-0.25, -0.2) is 0 Å². The van der Waals surface area contributed by atoms with Gasteiger partial charge in [0.05, 0.1) is 7.11 Å². The molecule has 0 spiro atoms. The van der Waals surface area contributed by atoms with Crippen LogP contribution in [0.5, 0.6) is 0 Å². The summed E-state index contributed by atoms with van der Waals surface area (Å²) in [6.07, 6.45) is -10.4. The first-order valence-electron chi connectivity index (χ1n) is 11.4. The second kappa shape index (κ2) is 13.2. The van der Waals surface area contributed by atoms with Crippen LogP contribution in [0.4, 0.5) is 0 Å². The summed E-state index contributed by atoms with van der Waals surface area (Å²) in [5, 5.41) is 11.9. The monoisotopic (exact) mass is 547 g/mol. The number of nitrogens with zero attached hydrogens (tertiary/aromatic N) is 1. The summed E-state index contributed by atoms with van der Waals surface area (Å²) in [5.41, 5.74) is 0. The standard InChI is InChI=1S/C22H29NO15/c1-9(24)33-8-16-18(34-10(2)25)19(35-11(3)26)20(36-12(4)27)22(38-16)37-15-7-13(28)6-14(21(29)32-5)17(15)23(30)31/h14-20,22H,6-8H2,1-5H3/t14-,15-,16-,17+,18-,19+,20-,22-/m1/s1. The minimum Gasteiger partial charge on any atom is -0.469 e. The van der Waals surface area contributed by atoms with Crippen LogP contribution in [0.3, 0.4) is 0 Å². The van der Waals surface area contributed by atoms with Gasteiger partial charge >= 0.3 is 29.8 Å². The fourth-order valence-electron chi connectivity index (χ4n) is 4.31. The lowest BCUT2D eigenvalue weighted by Crippen LogP contribution is -2.64. The first-order valence-corrected chi connectivity index (χ1v) is 11.4. The van der Waals surface area contributed by atoms with Crippen LogP contribution < -0.4 is 0 Å². The molecule has 212 valence electrons. The molecule has 0 N–H and O–H groups in total. The Balaban J connectivity index is 2.53. The smallest absolute Gasteiger partial charge is 0.316 e. The molecule has 0 amide bonds. The van der Waals surface area contributed by atoms with Crippen molar-refractivity contribution in [2.75, 3.05) is 13.7 Å². The lowest BCUT2D eigenvalue weighted by atomic mass is 9.81. The van der Waals surface area contributed by atoms with Crippen LogP contribution in [0.25, 0.3) is 0 Å². The molecule has 0 aromatic rings. The maximum absolute atomic E-state index is 12.4. The molecular weight excluding hydrogens is 518 g/mol. The van der Waals surface area contributed by atoms with Crippen molar-refractivity contribution >= 4 is 35.6 Å². The van der Waals surface area contributed by atoms with Crippen molar-refractivity contribution < 1.29 is 66.8 Å². The molecule has 0 unspecified atom stereocenters. The number of ketones is 1. The number of Topliss-reactive ketones (excluding diaryl/α,β-unsaturated/α-hetero) is 1. The third-order valence-electron chi connectivity index (χ3n) is 5.67. The van der Waals surface area contributed by atoms with E-state index in [4.69, 9.17) is 28.4 Å². The topological polar surface area (TPSA) is 210 Å². The summed E-state index contributed by atoms with van der Waals surface area (Å²) in [4.78, 5) is 82.8. The number of esters is 5. The molecule has 1 aliphatic carbocycles. The fourth-order valence-corrected chi connectivity index (χ4v) is 4.31. The normalized spacial score (nSPS) is 30.9. The maximum atomic E-state index is 12.4. The molecular formula is C22H29NO15. The van der Waals surface area contributed by atoms with Gasteiger partial charge in [0.15, 0.2) is 24.6 Å².